The van der Waals surface area contributed by atoms with Crippen molar-refractivity contribution in [2.75, 3.05) is 19.6 Å². The molecule has 0 aliphatic carbocycles. The summed E-state index contributed by atoms with van der Waals surface area (Å²) in [6.07, 6.45) is 2.36. The van der Waals surface area contributed by atoms with E-state index in [0.717, 1.165) is 38.2 Å². The van der Waals surface area contributed by atoms with Gasteiger partial charge in [-0.25, -0.2) is 0 Å². The minimum atomic E-state index is 0.257. The van der Waals surface area contributed by atoms with Crippen LogP contribution in [0.2, 0.25) is 0 Å². The maximum atomic E-state index is 8.99. The fraction of sp³-hybridized carbons (Fsp3) is 0.500. The summed E-state index contributed by atoms with van der Waals surface area (Å²) >= 11 is 0. The molecular weight excluding hydrogens is 212 g/mol. The van der Waals surface area contributed by atoms with Crippen molar-refractivity contribution in [3.05, 3.63) is 29.8 Å². The average molecular weight is 230 g/mol. The van der Waals surface area contributed by atoms with Gasteiger partial charge in [-0.1, -0.05) is 19.1 Å². The van der Waals surface area contributed by atoms with Crippen LogP contribution in [0.25, 0.3) is 0 Å². The van der Waals surface area contributed by atoms with E-state index in [1.54, 1.807) is 6.07 Å². The Morgan fingerprint density at radius 2 is 2.06 bits per heavy atom. The van der Waals surface area contributed by atoms with Crippen molar-refractivity contribution in [2.24, 2.45) is 0 Å². The smallest absolute Gasteiger partial charge is 0.137 e. The van der Waals surface area contributed by atoms with E-state index in [9.17, 15) is 0 Å². The first-order chi connectivity index (χ1) is 8.33. The Labute approximate surface area is 103 Å². The zero-order valence-corrected chi connectivity index (χ0v) is 10.2. The summed E-state index contributed by atoms with van der Waals surface area (Å²) in [4.78, 5) is 2.43. The molecule has 0 amide bonds. The largest absolute Gasteiger partial charge is 0.489 e. The fourth-order valence-corrected chi connectivity index (χ4v) is 2.18. The molecule has 0 radical (unpaired) electrons. The molecule has 1 aliphatic rings. The molecule has 17 heavy (non-hydrogen) atoms. The molecule has 1 aliphatic heterocycles. The third kappa shape index (κ3) is 2.98. The first-order valence-electron chi connectivity index (χ1n) is 6.21. The maximum Gasteiger partial charge on any atom is 0.137 e. The van der Waals surface area contributed by atoms with Gasteiger partial charge in [-0.2, -0.15) is 5.26 Å². The van der Waals surface area contributed by atoms with Crippen molar-refractivity contribution in [2.45, 2.75) is 25.9 Å². The summed E-state index contributed by atoms with van der Waals surface area (Å²) in [5.74, 6) is 0.727. The summed E-state index contributed by atoms with van der Waals surface area (Å²) < 4.78 is 5.92. The molecule has 1 fully saturated rings. The number of ether oxygens (including phenoxy) is 1. The molecule has 0 aromatic heterocycles. The minimum Gasteiger partial charge on any atom is -0.489 e. The van der Waals surface area contributed by atoms with Gasteiger partial charge in [0.05, 0.1) is 5.56 Å². The van der Waals surface area contributed by atoms with E-state index in [-0.39, 0.29) is 6.10 Å². The quantitative estimate of drug-likeness (QED) is 0.800. The molecule has 0 saturated carbocycles. The molecular formula is C14H18N2O. The van der Waals surface area contributed by atoms with Gasteiger partial charge in [0.25, 0.3) is 0 Å². The highest BCUT2D eigenvalue weighted by molar-refractivity contribution is 5.42. The van der Waals surface area contributed by atoms with Crippen LogP contribution in [-0.4, -0.2) is 30.6 Å². The van der Waals surface area contributed by atoms with Crippen molar-refractivity contribution in [3.8, 4) is 11.8 Å². The van der Waals surface area contributed by atoms with Gasteiger partial charge >= 0.3 is 0 Å². The topological polar surface area (TPSA) is 36.3 Å². The fourth-order valence-electron chi connectivity index (χ4n) is 2.18. The van der Waals surface area contributed by atoms with E-state index in [0.29, 0.717) is 5.56 Å². The standard InChI is InChI=1S/C14H18N2O/c1-2-16-9-7-13(8-10-16)17-14-6-4-3-5-12(14)11-15/h3-6,13H,2,7-10H2,1H3. The van der Waals surface area contributed by atoms with Crippen LogP contribution < -0.4 is 4.74 Å². The van der Waals surface area contributed by atoms with Gasteiger partial charge in [-0.15, -0.1) is 0 Å². The molecule has 0 N–H and O–H groups in total. The summed E-state index contributed by atoms with van der Waals surface area (Å²) in [6.45, 7) is 5.49. The van der Waals surface area contributed by atoms with Crippen LogP contribution in [0, 0.1) is 11.3 Å². The Bertz CT molecular complexity index is 403. The molecule has 1 aromatic carbocycles. The van der Waals surface area contributed by atoms with Crippen molar-refractivity contribution >= 4 is 0 Å². The Balaban J connectivity index is 1.96. The van der Waals surface area contributed by atoms with Crippen molar-refractivity contribution in [1.29, 1.82) is 5.26 Å². The minimum absolute atomic E-state index is 0.257. The number of nitrogens with zero attached hydrogens (tertiary/aromatic N) is 2. The molecule has 3 heteroatoms. The highest BCUT2D eigenvalue weighted by Crippen LogP contribution is 2.22. The first kappa shape index (κ1) is 11.9. The lowest BCUT2D eigenvalue weighted by molar-refractivity contribution is 0.103. The molecule has 1 saturated heterocycles. The third-order valence-corrected chi connectivity index (χ3v) is 3.28. The van der Waals surface area contributed by atoms with Crippen LogP contribution in [0.15, 0.2) is 24.3 Å². The lowest BCUT2D eigenvalue weighted by atomic mass is 10.1. The van der Waals surface area contributed by atoms with E-state index < -0.39 is 0 Å². The second kappa shape index (κ2) is 5.70. The van der Waals surface area contributed by atoms with Gasteiger partial charge in [-0.05, 0) is 31.5 Å². The summed E-state index contributed by atoms with van der Waals surface area (Å²) in [7, 11) is 0. The Hall–Kier alpha value is -1.53. The van der Waals surface area contributed by atoms with E-state index >= 15 is 0 Å². The van der Waals surface area contributed by atoms with E-state index in [1.807, 2.05) is 18.2 Å². The molecule has 0 atom stereocenters. The monoisotopic (exact) mass is 230 g/mol. The van der Waals surface area contributed by atoms with Crippen LogP contribution >= 0.6 is 0 Å². The molecule has 2 rings (SSSR count). The molecule has 1 heterocycles. The second-order valence-electron chi connectivity index (χ2n) is 4.36. The molecule has 3 nitrogen and oxygen atoms in total. The number of nitriles is 1. The van der Waals surface area contributed by atoms with Crippen LogP contribution in [-0.2, 0) is 0 Å². The first-order valence-corrected chi connectivity index (χ1v) is 6.21. The third-order valence-electron chi connectivity index (χ3n) is 3.28. The number of benzene rings is 1. The Kier molecular flexibility index (Phi) is 4.00. The van der Waals surface area contributed by atoms with Gasteiger partial charge in [0.15, 0.2) is 0 Å². The summed E-state index contributed by atoms with van der Waals surface area (Å²) in [5.41, 5.74) is 0.630. The predicted octanol–water partition coefficient (Wildman–Crippen LogP) is 2.42. The van der Waals surface area contributed by atoms with Crippen molar-refractivity contribution in [3.63, 3.8) is 0 Å². The molecule has 90 valence electrons. The Morgan fingerprint density at radius 1 is 1.35 bits per heavy atom. The van der Waals surface area contributed by atoms with Gasteiger partial charge in [0.1, 0.15) is 17.9 Å². The van der Waals surface area contributed by atoms with Crippen LogP contribution in [0.1, 0.15) is 25.3 Å². The van der Waals surface area contributed by atoms with E-state index in [4.69, 9.17) is 10.00 Å². The van der Waals surface area contributed by atoms with Crippen LogP contribution in [0.3, 0.4) is 0 Å². The van der Waals surface area contributed by atoms with Crippen molar-refractivity contribution < 1.29 is 4.74 Å². The highest BCUT2D eigenvalue weighted by atomic mass is 16.5. The van der Waals surface area contributed by atoms with Gasteiger partial charge in [0.2, 0.25) is 0 Å². The number of piperidine rings is 1. The van der Waals surface area contributed by atoms with Gasteiger partial charge < -0.3 is 9.64 Å². The van der Waals surface area contributed by atoms with Crippen LogP contribution in [0.5, 0.6) is 5.75 Å². The molecule has 1 aromatic rings. The Morgan fingerprint density at radius 3 is 2.71 bits per heavy atom. The molecule has 0 bridgehead atoms. The van der Waals surface area contributed by atoms with Crippen molar-refractivity contribution in [1.82, 2.24) is 4.90 Å². The maximum absolute atomic E-state index is 8.99. The zero-order valence-electron chi connectivity index (χ0n) is 10.2. The van der Waals surface area contributed by atoms with E-state index in [2.05, 4.69) is 17.9 Å². The van der Waals surface area contributed by atoms with Gasteiger partial charge in [-0.3, -0.25) is 0 Å². The lowest BCUT2D eigenvalue weighted by Crippen LogP contribution is -2.38. The van der Waals surface area contributed by atoms with E-state index in [1.165, 1.54) is 0 Å². The molecule has 0 spiro atoms. The molecule has 0 unspecified atom stereocenters. The zero-order chi connectivity index (χ0) is 12.1. The summed E-state index contributed by atoms with van der Waals surface area (Å²) in [5, 5.41) is 8.99. The average Bonchev–Trinajstić information content (AvgIpc) is 2.40. The normalized spacial score (nSPS) is 17.6. The van der Waals surface area contributed by atoms with Gasteiger partial charge in [0, 0.05) is 13.1 Å². The number of para-hydroxylation sites is 1. The van der Waals surface area contributed by atoms with Crippen LogP contribution in [0.4, 0.5) is 0 Å². The highest BCUT2D eigenvalue weighted by Gasteiger charge is 2.20. The second-order valence-corrected chi connectivity index (χ2v) is 4.36. The number of rotatable bonds is 3. The number of hydrogen-bond donors (Lipinski definition) is 0. The number of likely N-dealkylation sites (tertiary alicyclic amines) is 1. The SMILES string of the molecule is CCN1CCC(Oc2ccccc2C#N)CC1. The summed E-state index contributed by atoms with van der Waals surface area (Å²) in [6, 6.07) is 9.63. The predicted molar refractivity (Wildman–Crippen MR) is 66.9 cm³/mol. The number of hydrogen-bond acceptors (Lipinski definition) is 3. The lowest BCUT2D eigenvalue weighted by Gasteiger charge is -2.31.